The Balaban J connectivity index is 1.72. The topological polar surface area (TPSA) is 67.9 Å². The molecule has 1 unspecified atom stereocenters. The number of amides is 2. The van der Waals surface area contributed by atoms with Crippen LogP contribution < -0.4 is 10.1 Å². The Morgan fingerprint density at radius 2 is 1.82 bits per heavy atom. The fraction of sp³-hybridized carbons (Fsp3) is 0.333. The fourth-order valence-electron chi connectivity index (χ4n) is 2.93. The zero-order chi connectivity index (χ0) is 19.9. The van der Waals surface area contributed by atoms with Gasteiger partial charge in [0.05, 0.1) is 24.5 Å². The summed E-state index contributed by atoms with van der Waals surface area (Å²) in [5, 5.41) is 3.44. The molecule has 148 valence electrons. The van der Waals surface area contributed by atoms with Gasteiger partial charge >= 0.3 is 0 Å². The lowest BCUT2D eigenvalue weighted by molar-refractivity contribution is -0.122. The van der Waals surface area contributed by atoms with E-state index < -0.39 is 6.10 Å². The highest BCUT2D eigenvalue weighted by Gasteiger charge is 2.24. The second-order valence-corrected chi connectivity index (χ2v) is 6.84. The maximum absolute atomic E-state index is 12.8. The minimum absolute atomic E-state index is 0.120. The summed E-state index contributed by atoms with van der Waals surface area (Å²) >= 11 is 5.88. The van der Waals surface area contributed by atoms with Gasteiger partial charge in [-0.3, -0.25) is 9.59 Å². The van der Waals surface area contributed by atoms with Gasteiger partial charge in [0.25, 0.3) is 11.8 Å². The van der Waals surface area contributed by atoms with Crippen LogP contribution in [0.25, 0.3) is 0 Å². The van der Waals surface area contributed by atoms with Crippen molar-refractivity contribution < 1.29 is 19.1 Å². The smallest absolute Gasteiger partial charge is 0.265 e. The number of benzene rings is 2. The largest absolute Gasteiger partial charge is 0.481 e. The zero-order valence-corrected chi connectivity index (χ0v) is 16.4. The first-order valence-electron chi connectivity index (χ1n) is 9.27. The number of ether oxygens (including phenoxy) is 2. The molecule has 2 amide bonds. The van der Waals surface area contributed by atoms with E-state index in [0.29, 0.717) is 54.7 Å². The number of halogens is 1. The first kappa shape index (κ1) is 20.2. The molecule has 1 aliphatic heterocycles. The number of nitrogens with one attached hydrogen (secondary N) is 1. The van der Waals surface area contributed by atoms with Crippen LogP contribution in [-0.2, 0) is 9.53 Å². The highest BCUT2D eigenvalue weighted by Crippen LogP contribution is 2.21. The van der Waals surface area contributed by atoms with E-state index in [0.717, 1.165) is 0 Å². The van der Waals surface area contributed by atoms with Crippen molar-refractivity contribution in [1.29, 1.82) is 0 Å². The average molecular weight is 403 g/mol. The number of carbonyl (C=O) groups excluding carboxylic acids is 2. The minimum Gasteiger partial charge on any atom is -0.481 e. The summed E-state index contributed by atoms with van der Waals surface area (Å²) in [5.41, 5.74) is 0.932. The standard InChI is InChI=1S/C21H23ClN2O4/c1-2-19(28-16-9-7-15(22)8-10-16)20(25)23-18-6-4-3-5-17(18)21(26)24-11-13-27-14-12-24/h3-10,19H,2,11-14H2,1H3,(H,23,25). The van der Waals surface area contributed by atoms with Crippen molar-refractivity contribution in [1.82, 2.24) is 4.90 Å². The maximum Gasteiger partial charge on any atom is 0.265 e. The average Bonchev–Trinajstić information content (AvgIpc) is 2.73. The van der Waals surface area contributed by atoms with Crippen molar-refractivity contribution in [3.05, 3.63) is 59.1 Å². The molecule has 1 atom stereocenters. The number of morpholine rings is 1. The first-order valence-corrected chi connectivity index (χ1v) is 9.65. The molecule has 7 heteroatoms. The van der Waals surface area contributed by atoms with Crippen molar-refractivity contribution in [3.63, 3.8) is 0 Å². The van der Waals surface area contributed by atoms with Gasteiger partial charge in [0, 0.05) is 18.1 Å². The minimum atomic E-state index is -0.687. The molecule has 1 fully saturated rings. The Labute approximate surface area is 169 Å². The second-order valence-electron chi connectivity index (χ2n) is 6.41. The van der Waals surface area contributed by atoms with Crippen molar-refractivity contribution in [2.24, 2.45) is 0 Å². The summed E-state index contributed by atoms with van der Waals surface area (Å²) < 4.78 is 11.1. The molecule has 28 heavy (non-hydrogen) atoms. The number of hydrogen-bond donors (Lipinski definition) is 1. The SMILES string of the molecule is CCC(Oc1ccc(Cl)cc1)C(=O)Nc1ccccc1C(=O)N1CCOCC1. The van der Waals surface area contributed by atoms with Crippen LogP contribution in [0.4, 0.5) is 5.69 Å². The first-order chi connectivity index (χ1) is 13.6. The van der Waals surface area contributed by atoms with Crippen LogP contribution in [0, 0.1) is 0 Å². The Kier molecular flexibility index (Phi) is 6.90. The lowest BCUT2D eigenvalue weighted by Crippen LogP contribution is -2.41. The van der Waals surface area contributed by atoms with Gasteiger partial charge in [0.1, 0.15) is 5.75 Å². The lowest BCUT2D eigenvalue weighted by atomic mass is 10.1. The Hall–Kier alpha value is -2.57. The molecule has 1 aliphatic rings. The molecular weight excluding hydrogens is 380 g/mol. The molecule has 1 saturated heterocycles. The van der Waals surface area contributed by atoms with Gasteiger partial charge in [-0.1, -0.05) is 30.7 Å². The van der Waals surface area contributed by atoms with Gasteiger partial charge in [-0.25, -0.2) is 0 Å². The third kappa shape index (κ3) is 5.03. The molecule has 1 heterocycles. The van der Waals surface area contributed by atoms with Gasteiger partial charge in [-0.05, 0) is 42.8 Å². The van der Waals surface area contributed by atoms with Crippen LogP contribution >= 0.6 is 11.6 Å². The predicted molar refractivity (Wildman–Crippen MR) is 108 cm³/mol. The molecule has 0 radical (unpaired) electrons. The number of carbonyl (C=O) groups is 2. The van der Waals surface area contributed by atoms with Crippen molar-refractivity contribution >= 4 is 29.1 Å². The Morgan fingerprint density at radius 3 is 2.50 bits per heavy atom. The van der Waals surface area contributed by atoms with E-state index in [4.69, 9.17) is 21.1 Å². The molecule has 2 aromatic rings. The van der Waals surface area contributed by atoms with Crippen LogP contribution in [-0.4, -0.2) is 49.1 Å². The van der Waals surface area contributed by atoms with E-state index >= 15 is 0 Å². The molecule has 6 nitrogen and oxygen atoms in total. The highest BCUT2D eigenvalue weighted by atomic mass is 35.5. The van der Waals surface area contributed by atoms with Gasteiger partial charge in [0.2, 0.25) is 0 Å². The Bertz CT molecular complexity index is 819. The highest BCUT2D eigenvalue weighted by molar-refractivity contribution is 6.30. The summed E-state index contributed by atoms with van der Waals surface area (Å²) in [4.78, 5) is 27.3. The number of hydrogen-bond acceptors (Lipinski definition) is 4. The third-order valence-electron chi connectivity index (χ3n) is 4.47. The summed E-state index contributed by atoms with van der Waals surface area (Å²) in [7, 11) is 0. The monoisotopic (exact) mass is 402 g/mol. The zero-order valence-electron chi connectivity index (χ0n) is 15.7. The molecule has 1 N–H and O–H groups in total. The molecule has 3 rings (SSSR count). The van der Waals surface area contributed by atoms with Crippen LogP contribution in [0.1, 0.15) is 23.7 Å². The molecule has 0 saturated carbocycles. The Morgan fingerprint density at radius 1 is 1.14 bits per heavy atom. The van der Waals surface area contributed by atoms with E-state index in [9.17, 15) is 9.59 Å². The van der Waals surface area contributed by atoms with Crippen LogP contribution in [0.5, 0.6) is 5.75 Å². The third-order valence-corrected chi connectivity index (χ3v) is 4.72. The van der Waals surface area contributed by atoms with E-state index in [1.165, 1.54) is 0 Å². The lowest BCUT2D eigenvalue weighted by Gasteiger charge is -2.27. The molecule has 0 aromatic heterocycles. The second kappa shape index (κ2) is 9.57. The maximum atomic E-state index is 12.8. The predicted octanol–water partition coefficient (Wildman–Crippen LogP) is 3.61. The quantitative estimate of drug-likeness (QED) is 0.801. The van der Waals surface area contributed by atoms with Gasteiger partial charge in [-0.2, -0.15) is 0 Å². The van der Waals surface area contributed by atoms with Crippen molar-refractivity contribution in [3.8, 4) is 5.75 Å². The van der Waals surface area contributed by atoms with Gasteiger partial charge in [0.15, 0.2) is 6.10 Å². The molecule has 0 spiro atoms. The number of nitrogens with zero attached hydrogens (tertiary/aromatic N) is 1. The van der Waals surface area contributed by atoms with Crippen molar-refractivity contribution in [2.45, 2.75) is 19.4 Å². The summed E-state index contributed by atoms with van der Waals surface area (Å²) in [6, 6.07) is 13.9. The summed E-state index contributed by atoms with van der Waals surface area (Å²) in [5.74, 6) is 0.134. The summed E-state index contributed by atoms with van der Waals surface area (Å²) in [6.45, 7) is 3.99. The molecule has 2 aromatic carbocycles. The van der Waals surface area contributed by atoms with E-state index in [-0.39, 0.29) is 11.8 Å². The van der Waals surface area contributed by atoms with Crippen LogP contribution in [0.2, 0.25) is 5.02 Å². The number of rotatable bonds is 6. The van der Waals surface area contributed by atoms with Crippen molar-refractivity contribution in [2.75, 3.05) is 31.6 Å². The fourth-order valence-corrected chi connectivity index (χ4v) is 3.05. The van der Waals surface area contributed by atoms with Gasteiger partial charge < -0.3 is 19.7 Å². The van der Waals surface area contributed by atoms with Crippen LogP contribution in [0.15, 0.2) is 48.5 Å². The summed E-state index contributed by atoms with van der Waals surface area (Å²) in [6.07, 6.45) is -0.207. The van der Waals surface area contributed by atoms with E-state index in [2.05, 4.69) is 5.32 Å². The molecular formula is C21H23ClN2O4. The van der Waals surface area contributed by atoms with Gasteiger partial charge in [-0.15, -0.1) is 0 Å². The molecule has 0 aliphatic carbocycles. The molecule has 0 bridgehead atoms. The van der Waals surface area contributed by atoms with Crippen LogP contribution in [0.3, 0.4) is 0 Å². The number of anilines is 1. The number of para-hydroxylation sites is 1. The van der Waals surface area contributed by atoms with E-state index in [1.54, 1.807) is 53.4 Å². The van der Waals surface area contributed by atoms with E-state index in [1.807, 2.05) is 6.92 Å². The normalized spacial score (nSPS) is 15.0.